The fourth-order valence-electron chi connectivity index (χ4n) is 12.4. The van der Waals surface area contributed by atoms with Crippen molar-refractivity contribution in [2.45, 2.75) is 98.2 Å². The average molecular weight is 1690 g/mol. The minimum absolute atomic E-state index is 0. The van der Waals surface area contributed by atoms with Crippen molar-refractivity contribution in [2.75, 3.05) is 9.80 Å². The number of rotatable bonds is 16. The molecule has 0 aliphatic heterocycles. The Kier molecular flexibility index (Phi) is 23.6. The first-order valence-corrected chi connectivity index (χ1v) is 53.8. The zero-order chi connectivity index (χ0) is 72.8. The Balaban J connectivity index is 0.000000169. The van der Waals surface area contributed by atoms with Gasteiger partial charge in [-0.2, -0.15) is 0 Å². The normalized spacial score (nSPS) is 11.8. The van der Waals surface area contributed by atoms with Gasteiger partial charge in [0.15, 0.2) is 0 Å². The minimum atomic E-state index is -1.43. The predicted octanol–water partition coefficient (Wildman–Crippen LogP) is 22.7. The summed E-state index contributed by atoms with van der Waals surface area (Å²) in [7, 11) is -6.95. The Morgan fingerprint density at radius 1 is 0.279 bits per heavy atom. The largest absolute Gasteiger partial charge is 2.00 e. The van der Waals surface area contributed by atoms with Crippen LogP contribution in [0.15, 0.2) is 290 Å². The molecule has 0 radical (unpaired) electrons. The van der Waals surface area contributed by atoms with E-state index >= 15 is 0 Å². The molecule has 0 amide bonds. The smallest absolute Gasteiger partial charge is 0.346 e. The second kappa shape index (κ2) is 32.2. The van der Waals surface area contributed by atoms with Crippen LogP contribution in [0.3, 0.4) is 0 Å². The second-order valence-electron chi connectivity index (χ2n) is 31.6. The van der Waals surface area contributed by atoms with Gasteiger partial charge >= 0.3 is 21.1 Å². The quantitative estimate of drug-likeness (QED) is 0.0705. The third-order valence-corrected chi connectivity index (χ3v) is 29.3. The summed E-state index contributed by atoms with van der Waals surface area (Å²) in [5, 5.41) is 11.6. The number of hydrogen-bond donors (Lipinski definition) is 0. The van der Waals surface area contributed by atoms with Crippen molar-refractivity contribution in [3.63, 3.8) is 0 Å². The van der Waals surface area contributed by atoms with Crippen molar-refractivity contribution in [3.8, 4) is 56.3 Å². The molecule has 14 heteroatoms. The molecule has 0 atom stereocenters. The Hall–Kier alpha value is -8.90. The predicted molar refractivity (Wildman–Crippen MR) is 460 cm³/mol. The number of pyridine rings is 5. The van der Waals surface area contributed by atoms with Crippen molar-refractivity contribution in [1.82, 2.24) is 24.9 Å². The number of benzene rings is 9. The summed E-state index contributed by atoms with van der Waals surface area (Å²) in [4.78, 5) is 28.7. The minimum Gasteiger partial charge on any atom is -0.346 e. The first-order chi connectivity index (χ1) is 49.1. The Morgan fingerprint density at radius 3 is 0.913 bits per heavy atom. The first kappa shape index (κ1) is 76.2. The van der Waals surface area contributed by atoms with Gasteiger partial charge in [-0.3, -0.25) is 15.0 Å². The molecule has 14 rings (SSSR count). The van der Waals surface area contributed by atoms with Crippen LogP contribution in [0.5, 0.6) is 0 Å². The van der Waals surface area contributed by atoms with Gasteiger partial charge in [0, 0.05) is 74.3 Å². The van der Waals surface area contributed by atoms with Crippen LogP contribution >= 0.6 is 15.9 Å². The van der Waals surface area contributed by atoms with Crippen LogP contribution in [0.2, 0.25) is 98.2 Å². The fourth-order valence-corrected chi connectivity index (χ4v) is 17.9. The zero-order valence-electron chi connectivity index (χ0n) is 62.5. The summed E-state index contributed by atoms with van der Waals surface area (Å²) in [6, 6.07) is 97.7. The van der Waals surface area contributed by atoms with E-state index in [0.717, 1.165) is 100 Å². The van der Waals surface area contributed by atoms with E-state index in [1.54, 1.807) is 0 Å². The van der Waals surface area contributed by atoms with E-state index < -0.39 is 40.4 Å². The van der Waals surface area contributed by atoms with Gasteiger partial charge in [-0.15, -0.1) is 59.7 Å². The Morgan fingerprint density at radius 2 is 0.577 bits per heavy atom. The van der Waals surface area contributed by atoms with Crippen LogP contribution < -0.4 is 35.7 Å². The van der Waals surface area contributed by atoms with Crippen LogP contribution in [0.1, 0.15) is 0 Å². The van der Waals surface area contributed by atoms with Gasteiger partial charge in [0.2, 0.25) is 0 Å². The molecule has 0 unspecified atom stereocenters. The van der Waals surface area contributed by atoms with E-state index in [9.17, 15) is 0 Å². The monoisotopic (exact) mass is 1680 g/mol. The SMILES string of the molecule is C[Si](C)(C)c1ccc(-c2[c-]c(N(c3[c-]c(-c4ccc([Si](C)(C)C)cn4)ccc3)c3cccc4ccccc34)ccc2)nc1.C[Si](C)(C)c1ccc(-c2cccc(Br)c2)nc1.C[Si](C)(C)c1ccc(-c2cccc(N(c3cccc(-c4ccc([Si](C)(C)C)cn4)c3)c3cccc4ccccc34)c2)nc1.[Pt+2]. The molecule has 0 N–H and O–H groups in total. The van der Waals surface area contributed by atoms with Crippen molar-refractivity contribution in [1.29, 1.82) is 0 Å². The van der Waals surface area contributed by atoms with Gasteiger partial charge in [-0.1, -0.05) is 266 Å². The van der Waals surface area contributed by atoms with Crippen molar-refractivity contribution >= 4 is 138 Å². The molecule has 5 aromatic heterocycles. The average Bonchev–Trinajstić information content (AvgIpc) is 0.769. The van der Waals surface area contributed by atoms with E-state index in [0.29, 0.717) is 0 Å². The zero-order valence-corrected chi connectivity index (χ0v) is 71.3. The number of nitrogens with zero attached hydrogens (tertiary/aromatic N) is 7. The maximum atomic E-state index is 4.90. The summed E-state index contributed by atoms with van der Waals surface area (Å²) in [6.07, 6.45) is 10.3. The third kappa shape index (κ3) is 18.4. The summed E-state index contributed by atoms with van der Waals surface area (Å²) < 4.78 is 1.09. The van der Waals surface area contributed by atoms with Gasteiger partial charge in [-0.05, 0) is 126 Å². The van der Waals surface area contributed by atoms with E-state index in [1.807, 2.05) is 30.7 Å². The number of aromatic nitrogens is 5. The number of halogens is 1. The van der Waals surface area contributed by atoms with Crippen LogP contribution in [-0.2, 0) is 21.1 Å². The molecule has 7 nitrogen and oxygen atoms in total. The molecule has 0 spiro atoms. The molecular weight excluding hydrogens is 1590 g/mol. The molecule has 5 heterocycles. The number of hydrogen-bond acceptors (Lipinski definition) is 7. The summed E-state index contributed by atoms with van der Waals surface area (Å²) in [6.45, 7) is 35.2. The van der Waals surface area contributed by atoms with Gasteiger partial charge in [0.05, 0.1) is 68.8 Å². The van der Waals surface area contributed by atoms with Gasteiger partial charge < -0.3 is 19.8 Å². The Labute approximate surface area is 645 Å². The van der Waals surface area contributed by atoms with E-state index in [1.165, 1.54) is 42.1 Å². The van der Waals surface area contributed by atoms with Crippen molar-refractivity contribution in [2.24, 2.45) is 0 Å². The van der Waals surface area contributed by atoms with Gasteiger partial charge in [-0.25, -0.2) is 0 Å². The molecule has 9 aromatic carbocycles. The number of fused-ring (bicyclic) bond motifs is 2. The molecule has 0 saturated heterocycles. The van der Waals surface area contributed by atoms with E-state index in [2.05, 4.69) is 396 Å². The Bertz CT molecular complexity index is 4760. The van der Waals surface area contributed by atoms with E-state index in [-0.39, 0.29) is 21.1 Å². The van der Waals surface area contributed by atoms with Crippen LogP contribution in [0.25, 0.3) is 77.8 Å². The molecule has 0 bridgehead atoms. The summed E-state index contributed by atoms with van der Waals surface area (Å²) >= 11 is 3.48. The van der Waals surface area contributed by atoms with Gasteiger partial charge in [0.1, 0.15) is 0 Å². The molecule has 0 saturated carbocycles. The van der Waals surface area contributed by atoms with Crippen molar-refractivity contribution in [3.05, 3.63) is 302 Å². The maximum absolute atomic E-state index is 4.90. The molecule has 0 aliphatic carbocycles. The topological polar surface area (TPSA) is 70.9 Å². The van der Waals surface area contributed by atoms with E-state index in [4.69, 9.17) is 19.9 Å². The maximum Gasteiger partial charge on any atom is 2.00 e. The first-order valence-electron chi connectivity index (χ1n) is 35.5. The van der Waals surface area contributed by atoms with Crippen LogP contribution in [0.4, 0.5) is 34.1 Å². The van der Waals surface area contributed by atoms with Crippen molar-refractivity contribution < 1.29 is 21.1 Å². The molecule has 14 aromatic rings. The third-order valence-electron chi connectivity index (χ3n) is 18.7. The fraction of sp³-hybridized carbons (Fsp3) is 0.167. The van der Waals surface area contributed by atoms with Crippen LogP contribution in [-0.4, -0.2) is 65.3 Å². The molecule has 104 heavy (non-hydrogen) atoms. The van der Waals surface area contributed by atoms with Crippen LogP contribution in [0, 0.1) is 12.1 Å². The molecule has 524 valence electrons. The second-order valence-corrected chi connectivity index (χ2v) is 57.9. The standard InChI is InChI=1S/C38H39N3Si2.C38H37N3Si2.C14H16BrNSi.Pt/c2*1-42(2,3)33-20-22-36(39-26-33)29-14-9-16-31(24-29)41(38-19-11-13-28-12-7-8-18-35(28)38)32-17-10-15-30(25-32)37-23-21-34(27-40-37)43(4,5)6;1-17(2,3)13-7-8-14(16-10-13)11-5-4-6-12(15)9-11;/h7-27H,1-6H3;7-23,26-27H,1-6H3;4-10H,1-3H3;/q;-2;;+2. The summed E-state index contributed by atoms with van der Waals surface area (Å²) in [5.41, 5.74) is 16.4. The summed E-state index contributed by atoms with van der Waals surface area (Å²) in [5.74, 6) is 0. The molecule has 0 aliphatic rings. The molecular formula is C90H92BrN7PtSi5. The number of anilines is 6. The van der Waals surface area contributed by atoms with Gasteiger partial charge in [0.25, 0.3) is 0 Å². The molecule has 0 fully saturated rings.